The third kappa shape index (κ3) is 5.34. The van der Waals surface area contributed by atoms with Crippen molar-refractivity contribution in [3.63, 3.8) is 0 Å². The van der Waals surface area contributed by atoms with Crippen molar-refractivity contribution >= 4 is 17.4 Å². The lowest BCUT2D eigenvalue weighted by molar-refractivity contribution is -0.140. The molecule has 1 amide bonds. The molecule has 2 aliphatic heterocycles. The van der Waals surface area contributed by atoms with Gasteiger partial charge in [-0.25, -0.2) is 0 Å². The molecule has 2 heterocycles. The lowest BCUT2D eigenvalue weighted by Crippen LogP contribution is -2.35. The van der Waals surface area contributed by atoms with Crippen molar-refractivity contribution in [3.05, 3.63) is 71.3 Å². The number of amides is 1. The first-order valence-corrected chi connectivity index (χ1v) is 12.5. The lowest BCUT2D eigenvalue weighted by atomic mass is 9.94. The number of carbonyl (C=O) groups is 2. The number of ether oxygens (including phenoxy) is 3. The van der Waals surface area contributed by atoms with Gasteiger partial charge in [0.15, 0.2) is 11.5 Å². The number of likely N-dealkylation sites (tertiary alicyclic amines) is 1. The van der Waals surface area contributed by atoms with Crippen LogP contribution in [0.1, 0.15) is 36.6 Å². The molecule has 0 bridgehead atoms. The smallest absolute Gasteiger partial charge is 0.295 e. The zero-order valence-electron chi connectivity index (χ0n) is 21.8. The van der Waals surface area contributed by atoms with Crippen molar-refractivity contribution in [2.45, 2.75) is 32.4 Å². The summed E-state index contributed by atoms with van der Waals surface area (Å²) < 4.78 is 17.3. The van der Waals surface area contributed by atoms with E-state index in [0.29, 0.717) is 55.4 Å². The number of nitrogens with zero attached hydrogens (tertiary/aromatic N) is 2. The van der Waals surface area contributed by atoms with Crippen LogP contribution in [0.25, 0.3) is 5.76 Å². The number of Topliss-reactive ketones (excluding diaryl/α,β-unsaturated/α-hetero) is 1. The molecular formula is C29H34N2O6. The van der Waals surface area contributed by atoms with Gasteiger partial charge in [-0.05, 0) is 69.4 Å². The fraction of sp³-hybridized carbons (Fsp3) is 0.379. The fourth-order valence-corrected chi connectivity index (χ4v) is 4.72. The number of benzene rings is 2. The van der Waals surface area contributed by atoms with Gasteiger partial charge in [-0.15, -0.1) is 0 Å². The van der Waals surface area contributed by atoms with Gasteiger partial charge >= 0.3 is 0 Å². The summed E-state index contributed by atoms with van der Waals surface area (Å²) in [4.78, 5) is 30.0. The average molecular weight is 507 g/mol. The number of ketones is 1. The zero-order chi connectivity index (χ0) is 26.7. The number of fused-ring (bicyclic) bond motifs is 1. The molecule has 2 aliphatic rings. The monoisotopic (exact) mass is 506 g/mol. The molecule has 8 nitrogen and oxygen atoms in total. The highest BCUT2D eigenvalue weighted by Crippen LogP contribution is 2.42. The quantitative estimate of drug-likeness (QED) is 0.226. The molecule has 0 aliphatic carbocycles. The Bertz CT molecular complexity index is 1230. The number of carbonyl (C=O) groups excluding carboxylic acids is 2. The predicted molar refractivity (Wildman–Crippen MR) is 141 cm³/mol. The van der Waals surface area contributed by atoms with Crippen molar-refractivity contribution in [3.8, 4) is 17.2 Å². The van der Waals surface area contributed by atoms with Crippen LogP contribution >= 0.6 is 0 Å². The Hall–Kier alpha value is -3.78. The van der Waals surface area contributed by atoms with E-state index in [1.54, 1.807) is 36.4 Å². The van der Waals surface area contributed by atoms with Crippen LogP contribution in [0.3, 0.4) is 0 Å². The molecule has 2 aromatic rings. The van der Waals surface area contributed by atoms with Crippen molar-refractivity contribution in [2.75, 3.05) is 40.4 Å². The van der Waals surface area contributed by atoms with Crippen LogP contribution in [-0.4, -0.2) is 73.1 Å². The van der Waals surface area contributed by atoms with E-state index in [1.807, 2.05) is 38.9 Å². The summed E-state index contributed by atoms with van der Waals surface area (Å²) in [6.45, 7) is 9.11. The van der Waals surface area contributed by atoms with E-state index < -0.39 is 17.7 Å². The van der Waals surface area contributed by atoms with Crippen LogP contribution in [-0.2, 0) is 16.0 Å². The standard InChI is InChI=1S/C29H34N2O6/c1-6-14-36-23-11-8-19(17-24(23)35-7-2)26-25(28(33)29(34)31(26)13-12-30(4)5)27(32)20-9-10-22-21(16-20)15-18(3)37-22/h6,8-11,16-18,26,32H,1,7,12-15H2,2-5H3/b27-25+/t18-,26+/m1/s1. The molecule has 0 aromatic heterocycles. The molecule has 4 rings (SSSR count). The normalized spacial score (nSPS) is 20.2. The molecule has 0 radical (unpaired) electrons. The van der Waals surface area contributed by atoms with E-state index >= 15 is 0 Å². The molecule has 0 saturated carbocycles. The fourth-order valence-electron chi connectivity index (χ4n) is 4.72. The Labute approximate surface area is 217 Å². The van der Waals surface area contributed by atoms with Crippen LogP contribution in [0.15, 0.2) is 54.6 Å². The zero-order valence-corrected chi connectivity index (χ0v) is 21.8. The summed E-state index contributed by atoms with van der Waals surface area (Å²) in [6.07, 6.45) is 2.39. The maximum Gasteiger partial charge on any atom is 0.295 e. The minimum atomic E-state index is -0.781. The number of aliphatic hydroxyl groups excluding tert-OH is 1. The Morgan fingerprint density at radius 2 is 1.97 bits per heavy atom. The second-order valence-electron chi connectivity index (χ2n) is 9.49. The van der Waals surface area contributed by atoms with Crippen LogP contribution in [0.5, 0.6) is 17.2 Å². The van der Waals surface area contributed by atoms with E-state index in [1.165, 1.54) is 4.90 Å². The average Bonchev–Trinajstić information content (AvgIpc) is 3.36. The van der Waals surface area contributed by atoms with Crippen molar-refractivity contribution in [1.29, 1.82) is 0 Å². The largest absolute Gasteiger partial charge is 0.507 e. The predicted octanol–water partition coefficient (Wildman–Crippen LogP) is 3.96. The molecule has 37 heavy (non-hydrogen) atoms. The molecule has 8 heteroatoms. The van der Waals surface area contributed by atoms with Gasteiger partial charge in [-0.1, -0.05) is 18.7 Å². The van der Waals surface area contributed by atoms with Crippen LogP contribution in [0.2, 0.25) is 0 Å². The Kier molecular flexibility index (Phi) is 7.88. The van der Waals surface area contributed by atoms with E-state index in [9.17, 15) is 14.7 Å². The SMILES string of the molecule is C=CCOc1ccc([C@H]2/C(=C(\O)c3ccc4c(c3)C[C@@H](C)O4)C(=O)C(=O)N2CCN(C)C)cc1OCC. The molecule has 196 valence electrons. The summed E-state index contributed by atoms with van der Waals surface area (Å²) in [5, 5.41) is 11.4. The minimum Gasteiger partial charge on any atom is -0.507 e. The highest BCUT2D eigenvalue weighted by molar-refractivity contribution is 6.46. The van der Waals surface area contributed by atoms with Gasteiger partial charge in [-0.2, -0.15) is 0 Å². The van der Waals surface area contributed by atoms with Gasteiger partial charge in [0.1, 0.15) is 24.2 Å². The topological polar surface area (TPSA) is 88.5 Å². The number of aliphatic hydroxyl groups is 1. The first kappa shape index (κ1) is 26.3. The molecule has 1 fully saturated rings. The second kappa shape index (κ2) is 11.1. The van der Waals surface area contributed by atoms with Crippen LogP contribution in [0.4, 0.5) is 0 Å². The molecule has 1 N–H and O–H groups in total. The van der Waals surface area contributed by atoms with E-state index in [4.69, 9.17) is 14.2 Å². The van der Waals surface area contributed by atoms with Crippen LogP contribution < -0.4 is 14.2 Å². The maximum atomic E-state index is 13.3. The van der Waals surface area contributed by atoms with Gasteiger partial charge in [0.2, 0.25) is 0 Å². The van der Waals surface area contributed by atoms with Crippen molar-refractivity contribution in [2.24, 2.45) is 0 Å². The van der Waals surface area contributed by atoms with Crippen molar-refractivity contribution < 1.29 is 28.9 Å². The summed E-state index contributed by atoms with van der Waals surface area (Å²) in [5.41, 5.74) is 2.13. The first-order chi connectivity index (χ1) is 17.7. The molecular weight excluding hydrogens is 472 g/mol. The van der Waals surface area contributed by atoms with Gasteiger partial charge in [0.05, 0.1) is 18.2 Å². The Morgan fingerprint density at radius 1 is 1.19 bits per heavy atom. The minimum absolute atomic E-state index is 0.0443. The molecule has 2 atom stereocenters. The summed E-state index contributed by atoms with van der Waals surface area (Å²) in [5.74, 6) is 0.228. The van der Waals surface area contributed by atoms with Gasteiger partial charge in [0.25, 0.3) is 11.7 Å². The van der Waals surface area contributed by atoms with E-state index in [2.05, 4.69) is 6.58 Å². The number of rotatable bonds is 10. The van der Waals surface area contributed by atoms with Gasteiger partial charge in [0, 0.05) is 25.1 Å². The Balaban J connectivity index is 1.83. The number of hydrogen-bond acceptors (Lipinski definition) is 7. The molecule has 2 aromatic carbocycles. The van der Waals surface area contributed by atoms with Gasteiger partial charge in [-0.3, -0.25) is 9.59 Å². The third-order valence-corrected chi connectivity index (χ3v) is 6.44. The molecule has 1 saturated heterocycles. The van der Waals surface area contributed by atoms with E-state index in [0.717, 1.165) is 11.3 Å². The lowest BCUT2D eigenvalue weighted by Gasteiger charge is -2.27. The highest BCUT2D eigenvalue weighted by Gasteiger charge is 2.46. The maximum absolute atomic E-state index is 13.3. The number of hydrogen-bond donors (Lipinski definition) is 1. The summed E-state index contributed by atoms with van der Waals surface area (Å²) in [7, 11) is 3.80. The summed E-state index contributed by atoms with van der Waals surface area (Å²) in [6, 6.07) is 9.88. The van der Waals surface area contributed by atoms with Crippen molar-refractivity contribution in [1.82, 2.24) is 9.80 Å². The Morgan fingerprint density at radius 3 is 2.68 bits per heavy atom. The third-order valence-electron chi connectivity index (χ3n) is 6.44. The number of likely N-dealkylation sites (N-methyl/N-ethyl adjacent to an activating group) is 1. The molecule has 0 spiro atoms. The second-order valence-corrected chi connectivity index (χ2v) is 9.49. The highest BCUT2D eigenvalue weighted by atomic mass is 16.5. The summed E-state index contributed by atoms with van der Waals surface area (Å²) >= 11 is 0. The van der Waals surface area contributed by atoms with Crippen LogP contribution in [0, 0.1) is 0 Å². The molecule has 0 unspecified atom stereocenters. The van der Waals surface area contributed by atoms with E-state index in [-0.39, 0.29) is 17.4 Å². The van der Waals surface area contributed by atoms with Gasteiger partial charge < -0.3 is 29.1 Å². The first-order valence-electron chi connectivity index (χ1n) is 12.5.